The topological polar surface area (TPSA) is 17.1 Å². The third-order valence-electron chi connectivity index (χ3n) is 7.08. The first-order valence-electron chi connectivity index (χ1n) is 11.1. The van der Waals surface area contributed by atoms with Crippen molar-refractivity contribution in [3.63, 3.8) is 0 Å². The minimum Gasteiger partial charge on any atom is -0.299 e. The fraction of sp³-hybridized carbons (Fsp3) is 0.577. The van der Waals surface area contributed by atoms with Gasteiger partial charge in [-0.1, -0.05) is 56.0 Å². The average Bonchev–Trinajstić information content (AvgIpc) is 3.25. The molecule has 2 fully saturated rings. The van der Waals surface area contributed by atoms with E-state index >= 15 is 0 Å². The van der Waals surface area contributed by atoms with Crippen molar-refractivity contribution in [3.05, 3.63) is 58.4 Å². The number of ketones is 1. The van der Waals surface area contributed by atoms with Gasteiger partial charge < -0.3 is 0 Å². The SMILES string of the molecule is CCCC(=O)C12CC1C(C)=C(C1CCCC1)C=C2C.CCc1cccc(F)c1. The van der Waals surface area contributed by atoms with Gasteiger partial charge in [-0.05, 0) is 81.1 Å². The maximum Gasteiger partial charge on any atom is 0.143 e. The van der Waals surface area contributed by atoms with E-state index in [1.54, 1.807) is 23.3 Å². The molecule has 0 spiro atoms. The zero-order valence-corrected chi connectivity index (χ0v) is 18.0. The molecule has 2 unspecified atom stereocenters. The molecule has 0 bridgehead atoms. The molecule has 28 heavy (non-hydrogen) atoms. The van der Waals surface area contributed by atoms with Crippen molar-refractivity contribution in [1.29, 1.82) is 0 Å². The van der Waals surface area contributed by atoms with Gasteiger partial charge in [0, 0.05) is 6.42 Å². The third kappa shape index (κ3) is 4.02. The number of carbonyl (C=O) groups is 1. The summed E-state index contributed by atoms with van der Waals surface area (Å²) in [5.41, 5.74) is 5.49. The van der Waals surface area contributed by atoms with Crippen molar-refractivity contribution in [1.82, 2.24) is 0 Å². The van der Waals surface area contributed by atoms with Crippen LogP contribution in [0.25, 0.3) is 0 Å². The van der Waals surface area contributed by atoms with Gasteiger partial charge in [0.2, 0.25) is 0 Å². The lowest BCUT2D eigenvalue weighted by molar-refractivity contribution is -0.123. The molecule has 3 aliphatic rings. The lowest BCUT2D eigenvalue weighted by Crippen LogP contribution is -2.23. The smallest absolute Gasteiger partial charge is 0.143 e. The number of hydrogen-bond acceptors (Lipinski definition) is 1. The van der Waals surface area contributed by atoms with Crippen molar-refractivity contribution in [2.45, 2.75) is 79.1 Å². The molecule has 2 saturated carbocycles. The molecule has 1 nitrogen and oxygen atoms in total. The number of fused-ring (bicyclic) bond motifs is 1. The van der Waals surface area contributed by atoms with Crippen LogP contribution in [0.2, 0.25) is 0 Å². The first-order valence-corrected chi connectivity index (χ1v) is 11.1. The Morgan fingerprint density at radius 2 is 1.89 bits per heavy atom. The van der Waals surface area contributed by atoms with Crippen LogP contribution in [0.15, 0.2) is 47.1 Å². The first-order chi connectivity index (χ1) is 13.4. The highest BCUT2D eigenvalue weighted by atomic mass is 19.1. The van der Waals surface area contributed by atoms with Crippen LogP contribution in [-0.4, -0.2) is 5.78 Å². The molecule has 0 amide bonds. The lowest BCUT2D eigenvalue weighted by atomic mass is 9.77. The molecule has 1 aromatic carbocycles. The normalized spacial score (nSPS) is 26.3. The third-order valence-corrected chi connectivity index (χ3v) is 7.08. The Morgan fingerprint density at radius 3 is 2.46 bits per heavy atom. The van der Waals surface area contributed by atoms with Gasteiger partial charge in [-0.25, -0.2) is 4.39 Å². The van der Waals surface area contributed by atoms with E-state index in [0.29, 0.717) is 11.7 Å². The summed E-state index contributed by atoms with van der Waals surface area (Å²) in [5, 5.41) is 0. The minimum atomic E-state index is -0.144. The van der Waals surface area contributed by atoms with E-state index in [2.05, 4.69) is 26.8 Å². The molecule has 0 N–H and O–H groups in total. The molecule has 0 aliphatic heterocycles. The summed E-state index contributed by atoms with van der Waals surface area (Å²) in [4.78, 5) is 12.5. The maximum atomic E-state index is 12.5. The quantitative estimate of drug-likeness (QED) is 0.525. The lowest BCUT2D eigenvalue weighted by Gasteiger charge is -2.26. The van der Waals surface area contributed by atoms with Crippen LogP contribution < -0.4 is 0 Å². The molecular formula is C26H35FO. The zero-order chi connectivity index (χ0) is 20.3. The van der Waals surface area contributed by atoms with E-state index in [9.17, 15) is 9.18 Å². The van der Waals surface area contributed by atoms with Crippen LogP contribution in [0.4, 0.5) is 4.39 Å². The highest BCUT2D eigenvalue weighted by molar-refractivity contribution is 5.92. The zero-order valence-electron chi connectivity index (χ0n) is 18.0. The Labute approximate surface area is 170 Å². The van der Waals surface area contributed by atoms with Crippen LogP contribution in [0.1, 0.15) is 78.2 Å². The number of rotatable bonds is 5. The van der Waals surface area contributed by atoms with Crippen molar-refractivity contribution in [2.75, 3.05) is 0 Å². The molecule has 152 valence electrons. The fourth-order valence-electron chi connectivity index (χ4n) is 5.31. The average molecular weight is 383 g/mol. The second-order valence-electron chi connectivity index (χ2n) is 8.83. The molecule has 4 rings (SSSR count). The minimum absolute atomic E-state index is 0.0673. The number of hydrogen-bond donors (Lipinski definition) is 0. The Morgan fingerprint density at radius 1 is 1.18 bits per heavy atom. The van der Waals surface area contributed by atoms with Crippen LogP contribution in [0.5, 0.6) is 0 Å². The maximum absolute atomic E-state index is 12.5. The van der Waals surface area contributed by atoms with Gasteiger partial charge in [0.05, 0.1) is 5.41 Å². The van der Waals surface area contributed by atoms with Crippen LogP contribution in [0.3, 0.4) is 0 Å². The number of Topliss-reactive ketones (excluding diaryl/α,β-unsaturated/α-hetero) is 1. The summed E-state index contributed by atoms with van der Waals surface area (Å²) < 4.78 is 12.4. The monoisotopic (exact) mass is 382 g/mol. The Hall–Kier alpha value is -1.70. The Kier molecular flexibility index (Phi) is 6.58. The van der Waals surface area contributed by atoms with Gasteiger partial charge in [-0.3, -0.25) is 4.79 Å². The second kappa shape index (κ2) is 8.76. The van der Waals surface area contributed by atoms with E-state index in [4.69, 9.17) is 0 Å². The summed E-state index contributed by atoms with van der Waals surface area (Å²) in [7, 11) is 0. The highest BCUT2D eigenvalue weighted by Crippen LogP contribution is 2.65. The summed E-state index contributed by atoms with van der Waals surface area (Å²) >= 11 is 0. The first kappa shape index (κ1) is 21.0. The van der Waals surface area contributed by atoms with Crippen LogP contribution in [0, 0.1) is 23.1 Å². The summed E-state index contributed by atoms with van der Waals surface area (Å²) in [5.74, 6) is 1.69. The standard InChI is InChI=1S/C18H26O.C8H9F/c1-4-7-17(19)18-11-16(18)13(3)15(10-12(18)2)14-8-5-6-9-14;1-2-7-4-3-5-8(9)6-7/h10,14,16H,4-9,11H2,1-3H3;3-6H,2H2,1H3. The van der Waals surface area contributed by atoms with Gasteiger partial charge in [-0.15, -0.1) is 0 Å². The molecular weight excluding hydrogens is 347 g/mol. The van der Waals surface area contributed by atoms with Crippen molar-refractivity contribution in [3.8, 4) is 0 Å². The summed E-state index contributed by atoms with van der Waals surface area (Å²) in [6.45, 7) is 8.62. The van der Waals surface area contributed by atoms with E-state index in [1.807, 2.05) is 13.0 Å². The predicted molar refractivity (Wildman–Crippen MR) is 115 cm³/mol. The predicted octanol–water partition coefficient (Wildman–Crippen LogP) is 7.22. The van der Waals surface area contributed by atoms with E-state index < -0.39 is 0 Å². The molecule has 2 heteroatoms. The fourth-order valence-corrected chi connectivity index (χ4v) is 5.31. The molecule has 3 aliphatic carbocycles. The molecule has 0 saturated heterocycles. The van der Waals surface area contributed by atoms with E-state index in [1.165, 1.54) is 37.3 Å². The van der Waals surface area contributed by atoms with Gasteiger partial charge >= 0.3 is 0 Å². The summed E-state index contributed by atoms with van der Waals surface area (Å²) in [6.07, 6.45) is 11.6. The molecule has 0 radical (unpaired) electrons. The second-order valence-corrected chi connectivity index (χ2v) is 8.83. The van der Waals surface area contributed by atoms with E-state index in [-0.39, 0.29) is 11.2 Å². The molecule has 2 atom stereocenters. The number of halogens is 1. The van der Waals surface area contributed by atoms with Crippen LogP contribution >= 0.6 is 0 Å². The summed E-state index contributed by atoms with van der Waals surface area (Å²) in [6, 6.07) is 6.66. The van der Waals surface area contributed by atoms with Gasteiger partial charge in [0.25, 0.3) is 0 Å². The molecule has 0 aromatic heterocycles. The van der Waals surface area contributed by atoms with Gasteiger partial charge in [0.1, 0.15) is 11.6 Å². The highest BCUT2D eigenvalue weighted by Gasteiger charge is 2.62. The number of aryl methyl sites for hydroxylation is 1. The molecule has 0 heterocycles. The van der Waals surface area contributed by atoms with Crippen LogP contribution in [-0.2, 0) is 11.2 Å². The Balaban J connectivity index is 0.000000211. The number of benzene rings is 1. The van der Waals surface area contributed by atoms with Gasteiger partial charge in [-0.2, -0.15) is 0 Å². The van der Waals surface area contributed by atoms with Gasteiger partial charge in [0.15, 0.2) is 0 Å². The largest absolute Gasteiger partial charge is 0.299 e. The number of allylic oxidation sites excluding steroid dienone is 4. The van der Waals surface area contributed by atoms with Crippen molar-refractivity contribution < 1.29 is 9.18 Å². The molecule has 1 aromatic rings. The van der Waals surface area contributed by atoms with E-state index in [0.717, 1.165) is 37.2 Å². The van der Waals surface area contributed by atoms with Crippen molar-refractivity contribution >= 4 is 5.78 Å². The number of carbonyl (C=O) groups excluding carboxylic acids is 1. The van der Waals surface area contributed by atoms with Crippen molar-refractivity contribution in [2.24, 2.45) is 17.3 Å². The Bertz CT molecular complexity index is 781.